The molecule has 0 aliphatic rings. The molecule has 0 bridgehead atoms. The second-order valence-corrected chi connectivity index (χ2v) is 4.34. The number of nitrogens with two attached hydrogens (primary N) is 1. The highest BCUT2D eigenvalue weighted by molar-refractivity contribution is 5.91. The van der Waals surface area contributed by atoms with Crippen LogP contribution in [0.3, 0.4) is 0 Å². The number of ether oxygens (including phenoxy) is 2. The zero-order valence-corrected chi connectivity index (χ0v) is 11.6. The van der Waals surface area contributed by atoms with Crippen molar-refractivity contribution in [3.8, 4) is 11.5 Å². The first-order chi connectivity index (χ1) is 9.61. The summed E-state index contributed by atoms with van der Waals surface area (Å²) in [5.41, 5.74) is 7.76. The zero-order chi connectivity index (χ0) is 14.5. The summed E-state index contributed by atoms with van der Waals surface area (Å²) in [6.07, 6.45) is 0. The van der Waals surface area contributed by atoms with Gasteiger partial charge in [0.25, 0.3) is 0 Å². The number of carbonyl (C=O) groups is 1. The number of para-hydroxylation sites is 1. The third kappa shape index (κ3) is 3.09. The fourth-order valence-corrected chi connectivity index (χ4v) is 1.77. The maximum absolute atomic E-state index is 11.6. The van der Waals surface area contributed by atoms with Gasteiger partial charge in [0, 0.05) is 0 Å². The molecule has 0 aromatic heterocycles. The molecule has 2 aromatic rings. The highest BCUT2D eigenvalue weighted by Gasteiger charge is 2.10. The molecule has 2 rings (SSSR count). The number of carbonyl (C=O) groups excluding carboxylic acids is 1. The number of rotatable bonds is 4. The molecular formula is C16H17NO3. The molecule has 0 atom stereocenters. The minimum atomic E-state index is -0.387. The van der Waals surface area contributed by atoms with E-state index in [2.05, 4.69) is 0 Å². The van der Waals surface area contributed by atoms with Crippen LogP contribution in [0.15, 0.2) is 42.5 Å². The van der Waals surface area contributed by atoms with Crippen LogP contribution in [-0.2, 0) is 4.74 Å². The minimum absolute atomic E-state index is 0.334. The van der Waals surface area contributed by atoms with Gasteiger partial charge in [0.05, 0.1) is 17.9 Å². The molecule has 0 fully saturated rings. The summed E-state index contributed by atoms with van der Waals surface area (Å²) in [5.74, 6) is 0.872. The van der Waals surface area contributed by atoms with E-state index < -0.39 is 0 Å². The SMILES string of the molecule is CCOC(=O)c1ccc(Oc2ccccc2C)c(N)c1. The molecule has 0 spiro atoms. The Bertz CT molecular complexity index is 623. The van der Waals surface area contributed by atoms with Crippen molar-refractivity contribution in [2.45, 2.75) is 13.8 Å². The van der Waals surface area contributed by atoms with Gasteiger partial charge in [-0.15, -0.1) is 0 Å². The number of esters is 1. The third-order valence-electron chi connectivity index (χ3n) is 2.83. The van der Waals surface area contributed by atoms with Crippen LogP contribution < -0.4 is 10.5 Å². The lowest BCUT2D eigenvalue weighted by atomic mass is 10.2. The first kappa shape index (κ1) is 13.9. The van der Waals surface area contributed by atoms with Crippen LogP contribution in [0.2, 0.25) is 0 Å². The standard InChI is InChI=1S/C16H17NO3/c1-3-19-16(18)12-8-9-15(13(17)10-12)20-14-7-5-4-6-11(14)2/h4-10H,3,17H2,1-2H3. The van der Waals surface area contributed by atoms with Crippen LogP contribution >= 0.6 is 0 Å². The zero-order valence-electron chi connectivity index (χ0n) is 11.6. The van der Waals surface area contributed by atoms with Gasteiger partial charge in [-0.1, -0.05) is 18.2 Å². The Balaban J connectivity index is 2.22. The Morgan fingerprint density at radius 2 is 1.90 bits per heavy atom. The van der Waals surface area contributed by atoms with Crippen molar-refractivity contribution in [1.82, 2.24) is 0 Å². The number of anilines is 1. The van der Waals surface area contributed by atoms with Crippen molar-refractivity contribution in [3.05, 3.63) is 53.6 Å². The average molecular weight is 271 g/mol. The van der Waals surface area contributed by atoms with E-state index in [0.29, 0.717) is 23.6 Å². The molecule has 0 aliphatic heterocycles. The Hall–Kier alpha value is -2.49. The maximum atomic E-state index is 11.6. The minimum Gasteiger partial charge on any atom is -0.462 e. The topological polar surface area (TPSA) is 61.5 Å². The second kappa shape index (κ2) is 6.10. The Labute approximate surface area is 118 Å². The van der Waals surface area contributed by atoms with E-state index in [9.17, 15) is 4.79 Å². The maximum Gasteiger partial charge on any atom is 0.338 e. The number of hydrogen-bond donors (Lipinski definition) is 1. The number of aryl methyl sites for hydroxylation is 1. The lowest BCUT2D eigenvalue weighted by Gasteiger charge is -2.11. The Kier molecular flexibility index (Phi) is 4.25. The largest absolute Gasteiger partial charge is 0.462 e. The van der Waals surface area contributed by atoms with E-state index in [-0.39, 0.29) is 5.97 Å². The molecular weight excluding hydrogens is 254 g/mol. The monoisotopic (exact) mass is 271 g/mol. The summed E-state index contributed by atoms with van der Waals surface area (Å²) in [6, 6.07) is 12.5. The van der Waals surface area contributed by atoms with E-state index in [0.717, 1.165) is 11.3 Å². The van der Waals surface area contributed by atoms with Gasteiger partial charge in [0.2, 0.25) is 0 Å². The van der Waals surface area contributed by atoms with E-state index in [4.69, 9.17) is 15.2 Å². The third-order valence-corrected chi connectivity index (χ3v) is 2.83. The molecule has 20 heavy (non-hydrogen) atoms. The van der Waals surface area contributed by atoms with Crippen molar-refractivity contribution in [1.29, 1.82) is 0 Å². The van der Waals surface area contributed by atoms with Gasteiger partial charge in [0.15, 0.2) is 0 Å². The lowest BCUT2D eigenvalue weighted by molar-refractivity contribution is 0.0526. The number of nitrogen functional groups attached to an aromatic ring is 1. The molecule has 0 amide bonds. The summed E-state index contributed by atoms with van der Waals surface area (Å²) in [7, 11) is 0. The summed E-state index contributed by atoms with van der Waals surface area (Å²) in [5, 5.41) is 0. The van der Waals surface area contributed by atoms with Gasteiger partial charge in [-0.3, -0.25) is 0 Å². The van der Waals surface area contributed by atoms with E-state index in [1.54, 1.807) is 25.1 Å². The molecule has 4 heteroatoms. The fraction of sp³-hybridized carbons (Fsp3) is 0.188. The van der Waals surface area contributed by atoms with Crippen molar-refractivity contribution >= 4 is 11.7 Å². The van der Waals surface area contributed by atoms with Gasteiger partial charge >= 0.3 is 5.97 Å². The van der Waals surface area contributed by atoms with E-state index in [1.165, 1.54) is 0 Å². The predicted molar refractivity (Wildman–Crippen MR) is 78.1 cm³/mol. The molecule has 0 radical (unpaired) electrons. The first-order valence-corrected chi connectivity index (χ1v) is 6.42. The van der Waals surface area contributed by atoms with E-state index >= 15 is 0 Å². The highest BCUT2D eigenvalue weighted by atomic mass is 16.5. The van der Waals surface area contributed by atoms with Crippen molar-refractivity contribution < 1.29 is 14.3 Å². The second-order valence-electron chi connectivity index (χ2n) is 4.34. The molecule has 0 heterocycles. The number of benzene rings is 2. The van der Waals surface area contributed by atoms with Gasteiger partial charge in [-0.2, -0.15) is 0 Å². The van der Waals surface area contributed by atoms with Crippen LogP contribution in [0.1, 0.15) is 22.8 Å². The van der Waals surface area contributed by atoms with Gasteiger partial charge < -0.3 is 15.2 Å². The molecule has 2 aromatic carbocycles. The molecule has 104 valence electrons. The van der Waals surface area contributed by atoms with Crippen LogP contribution in [0, 0.1) is 6.92 Å². The van der Waals surface area contributed by atoms with Crippen LogP contribution in [0.25, 0.3) is 0 Å². The highest BCUT2D eigenvalue weighted by Crippen LogP contribution is 2.30. The van der Waals surface area contributed by atoms with Gasteiger partial charge in [-0.25, -0.2) is 4.79 Å². The van der Waals surface area contributed by atoms with Crippen molar-refractivity contribution in [3.63, 3.8) is 0 Å². The average Bonchev–Trinajstić information content (AvgIpc) is 2.43. The van der Waals surface area contributed by atoms with Crippen LogP contribution in [-0.4, -0.2) is 12.6 Å². The first-order valence-electron chi connectivity index (χ1n) is 6.42. The Morgan fingerprint density at radius 3 is 2.55 bits per heavy atom. The van der Waals surface area contributed by atoms with E-state index in [1.807, 2.05) is 31.2 Å². The van der Waals surface area contributed by atoms with Crippen LogP contribution in [0.5, 0.6) is 11.5 Å². The van der Waals surface area contributed by atoms with Crippen LogP contribution in [0.4, 0.5) is 5.69 Å². The normalized spacial score (nSPS) is 10.1. The quantitative estimate of drug-likeness (QED) is 0.682. The smallest absolute Gasteiger partial charge is 0.338 e. The van der Waals surface area contributed by atoms with Crippen molar-refractivity contribution in [2.24, 2.45) is 0 Å². The van der Waals surface area contributed by atoms with Crippen molar-refractivity contribution in [2.75, 3.05) is 12.3 Å². The van der Waals surface area contributed by atoms with Gasteiger partial charge in [0.1, 0.15) is 11.5 Å². The number of hydrogen-bond acceptors (Lipinski definition) is 4. The molecule has 2 N–H and O–H groups in total. The van der Waals surface area contributed by atoms with Gasteiger partial charge in [-0.05, 0) is 43.7 Å². The summed E-state index contributed by atoms with van der Waals surface area (Å²) >= 11 is 0. The summed E-state index contributed by atoms with van der Waals surface area (Å²) < 4.78 is 10.7. The summed E-state index contributed by atoms with van der Waals surface area (Å²) in [6.45, 7) is 4.05. The molecule has 4 nitrogen and oxygen atoms in total. The Morgan fingerprint density at radius 1 is 1.15 bits per heavy atom. The summed E-state index contributed by atoms with van der Waals surface area (Å²) in [4.78, 5) is 11.6. The fourth-order valence-electron chi connectivity index (χ4n) is 1.77. The molecule has 0 saturated heterocycles. The molecule has 0 saturated carbocycles. The predicted octanol–water partition coefficient (Wildman–Crippen LogP) is 3.55. The molecule has 0 unspecified atom stereocenters. The molecule has 0 aliphatic carbocycles. The lowest BCUT2D eigenvalue weighted by Crippen LogP contribution is -2.05.